The number of hydrogen-bond donors (Lipinski definition) is 2. The number of amides is 2. The predicted octanol–water partition coefficient (Wildman–Crippen LogP) is 1.06. The summed E-state index contributed by atoms with van der Waals surface area (Å²) in [7, 11) is 2.86. The highest BCUT2D eigenvalue weighted by Gasteiger charge is 2.24. The smallest absolute Gasteiger partial charge is 0.404 e. The zero-order valence-electron chi connectivity index (χ0n) is 10.3. The van der Waals surface area contributed by atoms with Crippen molar-refractivity contribution in [2.45, 2.75) is 5.92 Å². The maximum atomic E-state index is 12.1. The van der Waals surface area contributed by atoms with Crippen LogP contribution in [-0.2, 0) is 9.63 Å². The molecule has 1 aromatic rings. The first kappa shape index (κ1) is 14.0. The third-order valence-corrected chi connectivity index (χ3v) is 2.54. The van der Waals surface area contributed by atoms with Crippen LogP contribution in [-0.4, -0.2) is 42.9 Å². The number of rotatable bonds is 5. The minimum atomic E-state index is -1.16. The normalized spacial score (nSPS) is 11.7. The zero-order chi connectivity index (χ0) is 13.5. The van der Waals surface area contributed by atoms with E-state index in [9.17, 15) is 9.59 Å². The molecule has 1 unspecified atom stereocenters. The Balaban J connectivity index is 2.88. The third kappa shape index (κ3) is 3.74. The van der Waals surface area contributed by atoms with E-state index in [-0.39, 0.29) is 12.5 Å². The van der Waals surface area contributed by atoms with E-state index in [2.05, 4.69) is 5.32 Å². The molecule has 0 radical (unpaired) electrons. The van der Waals surface area contributed by atoms with Crippen molar-refractivity contribution in [1.29, 1.82) is 0 Å². The van der Waals surface area contributed by atoms with E-state index in [1.165, 1.54) is 14.2 Å². The van der Waals surface area contributed by atoms with Crippen LogP contribution in [0.25, 0.3) is 0 Å². The number of carbonyl (C=O) groups is 2. The summed E-state index contributed by atoms with van der Waals surface area (Å²) < 4.78 is 0. The number of carboxylic acid groups (broad SMARTS) is 1. The van der Waals surface area contributed by atoms with E-state index in [4.69, 9.17) is 9.94 Å². The predicted molar refractivity (Wildman–Crippen MR) is 65.0 cm³/mol. The molecule has 0 aliphatic rings. The van der Waals surface area contributed by atoms with Gasteiger partial charge in [0.15, 0.2) is 0 Å². The highest BCUT2D eigenvalue weighted by atomic mass is 16.7. The number of hydrogen-bond acceptors (Lipinski definition) is 3. The zero-order valence-corrected chi connectivity index (χ0v) is 10.3. The van der Waals surface area contributed by atoms with Crippen LogP contribution in [0.5, 0.6) is 0 Å². The Bertz CT molecular complexity index is 408. The lowest BCUT2D eigenvalue weighted by Gasteiger charge is -2.21. The largest absolute Gasteiger partial charge is 0.465 e. The van der Waals surface area contributed by atoms with Crippen LogP contribution in [0.4, 0.5) is 4.79 Å². The Labute approximate surface area is 105 Å². The van der Waals surface area contributed by atoms with Gasteiger partial charge in [0.2, 0.25) is 0 Å². The van der Waals surface area contributed by atoms with Gasteiger partial charge < -0.3 is 10.4 Å². The molecule has 6 heteroatoms. The highest BCUT2D eigenvalue weighted by Crippen LogP contribution is 2.17. The number of carbonyl (C=O) groups excluding carboxylic acids is 1. The second kappa shape index (κ2) is 6.61. The van der Waals surface area contributed by atoms with Crippen molar-refractivity contribution in [2.24, 2.45) is 0 Å². The quantitative estimate of drug-likeness (QED) is 0.768. The molecule has 0 heterocycles. The molecule has 0 fully saturated rings. The molecule has 0 bridgehead atoms. The van der Waals surface area contributed by atoms with Gasteiger partial charge in [-0.2, -0.15) is 0 Å². The summed E-state index contributed by atoms with van der Waals surface area (Å²) in [5, 5.41) is 11.9. The summed E-state index contributed by atoms with van der Waals surface area (Å²) >= 11 is 0. The van der Waals surface area contributed by atoms with Crippen molar-refractivity contribution < 1.29 is 19.5 Å². The second-order valence-electron chi connectivity index (χ2n) is 3.67. The van der Waals surface area contributed by atoms with E-state index < -0.39 is 12.0 Å². The number of nitrogens with one attached hydrogen (secondary N) is 1. The van der Waals surface area contributed by atoms with Crippen LogP contribution in [0.2, 0.25) is 0 Å². The van der Waals surface area contributed by atoms with Gasteiger partial charge in [-0.3, -0.25) is 9.63 Å². The van der Waals surface area contributed by atoms with Crippen molar-refractivity contribution in [3.8, 4) is 0 Å². The monoisotopic (exact) mass is 252 g/mol. The Hall–Kier alpha value is -2.08. The summed E-state index contributed by atoms with van der Waals surface area (Å²) in [6.07, 6.45) is -1.16. The molecule has 18 heavy (non-hydrogen) atoms. The van der Waals surface area contributed by atoms with Crippen molar-refractivity contribution in [3.63, 3.8) is 0 Å². The Morgan fingerprint density at radius 3 is 2.50 bits per heavy atom. The lowest BCUT2D eigenvalue weighted by Crippen LogP contribution is -2.37. The molecule has 1 atom stereocenters. The minimum Gasteiger partial charge on any atom is -0.465 e. The highest BCUT2D eigenvalue weighted by molar-refractivity contribution is 5.83. The summed E-state index contributed by atoms with van der Waals surface area (Å²) in [6, 6.07) is 8.97. The van der Waals surface area contributed by atoms with Gasteiger partial charge in [-0.05, 0) is 5.56 Å². The molecule has 1 aromatic carbocycles. The molecule has 0 spiro atoms. The van der Waals surface area contributed by atoms with Crippen LogP contribution in [0.1, 0.15) is 11.5 Å². The van der Waals surface area contributed by atoms with Crippen molar-refractivity contribution in [1.82, 2.24) is 10.4 Å². The van der Waals surface area contributed by atoms with Gasteiger partial charge >= 0.3 is 6.09 Å². The van der Waals surface area contributed by atoms with E-state index in [0.29, 0.717) is 0 Å². The van der Waals surface area contributed by atoms with Crippen LogP contribution in [0.3, 0.4) is 0 Å². The third-order valence-electron chi connectivity index (χ3n) is 2.54. The SMILES string of the molecule is CON(C)C(=O)C(CNC(=O)O)c1ccccc1. The standard InChI is InChI=1S/C12H16N2O4/c1-14(18-2)11(15)10(8-13-12(16)17)9-6-4-3-5-7-9/h3-7,10,13H,8H2,1-2H3,(H,16,17). The number of nitrogens with zero attached hydrogens (tertiary/aromatic N) is 1. The van der Waals surface area contributed by atoms with Gasteiger partial charge in [0.05, 0.1) is 13.0 Å². The lowest BCUT2D eigenvalue weighted by atomic mass is 9.98. The summed E-state index contributed by atoms with van der Waals surface area (Å²) in [5.41, 5.74) is 0.736. The number of hydroxylamine groups is 2. The molecule has 98 valence electrons. The molecular formula is C12H16N2O4. The number of benzene rings is 1. The van der Waals surface area contributed by atoms with E-state index in [1.807, 2.05) is 6.07 Å². The first-order valence-electron chi connectivity index (χ1n) is 5.39. The fourth-order valence-electron chi connectivity index (χ4n) is 1.53. The van der Waals surface area contributed by atoms with Crippen LogP contribution < -0.4 is 5.32 Å². The average Bonchev–Trinajstić information content (AvgIpc) is 2.38. The van der Waals surface area contributed by atoms with Gasteiger partial charge in [0.25, 0.3) is 5.91 Å². The molecule has 0 aromatic heterocycles. The maximum Gasteiger partial charge on any atom is 0.404 e. The molecule has 0 aliphatic carbocycles. The Morgan fingerprint density at radius 2 is 2.00 bits per heavy atom. The van der Waals surface area contributed by atoms with E-state index in [0.717, 1.165) is 10.6 Å². The second-order valence-corrected chi connectivity index (χ2v) is 3.67. The summed E-state index contributed by atoms with van der Waals surface area (Å²) in [5.74, 6) is -0.912. The molecule has 0 aliphatic heterocycles. The fraction of sp³-hybridized carbons (Fsp3) is 0.333. The molecule has 6 nitrogen and oxygen atoms in total. The molecule has 2 N–H and O–H groups in total. The maximum absolute atomic E-state index is 12.1. The molecular weight excluding hydrogens is 236 g/mol. The topological polar surface area (TPSA) is 78.9 Å². The van der Waals surface area contributed by atoms with E-state index in [1.54, 1.807) is 24.3 Å². The van der Waals surface area contributed by atoms with Crippen LogP contribution >= 0.6 is 0 Å². The van der Waals surface area contributed by atoms with Crippen molar-refractivity contribution in [2.75, 3.05) is 20.7 Å². The van der Waals surface area contributed by atoms with Gasteiger partial charge in [0.1, 0.15) is 0 Å². The summed E-state index contributed by atoms with van der Waals surface area (Å²) in [6.45, 7) is 0.00583. The Kier molecular flexibility index (Phi) is 5.13. The van der Waals surface area contributed by atoms with E-state index >= 15 is 0 Å². The lowest BCUT2D eigenvalue weighted by molar-refractivity contribution is -0.170. The average molecular weight is 252 g/mol. The first-order chi connectivity index (χ1) is 8.56. The molecule has 1 rings (SSSR count). The molecule has 2 amide bonds. The fourth-order valence-corrected chi connectivity index (χ4v) is 1.53. The molecule has 0 saturated carbocycles. The van der Waals surface area contributed by atoms with Gasteiger partial charge in [0, 0.05) is 13.6 Å². The Morgan fingerprint density at radius 1 is 1.39 bits per heavy atom. The van der Waals surface area contributed by atoms with Gasteiger partial charge in [-0.1, -0.05) is 30.3 Å². The van der Waals surface area contributed by atoms with Crippen LogP contribution in [0.15, 0.2) is 30.3 Å². The van der Waals surface area contributed by atoms with Crippen molar-refractivity contribution >= 4 is 12.0 Å². The number of likely N-dealkylation sites (N-methyl/N-ethyl adjacent to an activating group) is 1. The van der Waals surface area contributed by atoms with Gasteiger partial charge in [-0.25, -0.2) is 9.86 Å². The molecule has 0 saturated heterocycles. The van der Waals surface area contributed by atoms with Crippen molar-refractivity contribution in [3.05, 3.63) is 35.9 Å². The van der Waals surface area contributed by atoms with Crippen LogP contribution in [0, 0.1) is 0 Å². The summed E-state index contributed by atoms with van der Waals surface area (Å²) in [4.78, 5) is 27.4. The van der Waals surface area contributed by atoms with Gasteiger partial charge in [-0.15, -0.1) is 0 Å². The first-order valence-corrected chi connectivity index (χ1v) is 5.39. The minimum absolute atomic E-state index is 0.00583.